The minimum atomic E-state index is -0.424. The van der Waals surface area contributed by atoms with E-state index < -0.39 is 6.09 Å². The van der Waals surface area contributed by atoms with Gasteiger partial charge < -0.3 is 14.8 Å². The SMILES string of the molecule is C=CCOC(=O)NCCCCCC(=O)OCCCCCCCCCCCCCC. The zero-order valence-corrected chi connectivity index (χ0v) is 18.9. The molecule has 0 atom stereocenters. The molecule has 0 saturated carbocycles. The number of unbranched alkanes of at least 4 members (excludes halogenated alkanes) is 13. The van der Waals surface area contributed by atoms with Crippen molar-refractivity contribution in [3.05, 3.63) is 12.7 Å². The molecule has 0 aliphatic rings. The van der Waals surface area contributed by atoms with Gasteiger partial charge >= 0.3 is 12.1 Å². The summed E-state index contributed by atoms with van der Waals surface area (Å²) in [6, 6.07) is 0. The summed E-state index contributed by atoms with van der Waals surface area (Å²) in [7, 11) is 0. The Morgan fingerprint density at radius 1 is 0.759 bits per heavy atom. The molecule has 0 rings (SSSR count). The summed E-state index contributed by atoms with van der Waals surface area (Å²) in [5.74, 6) is -0.105. The Morgan fingerprint density at radius 2 is 1.31 bits per heavy atom. The van der Waals surface area contributed by atoms with E-state index in [1.807, 2.05) is 0 Å². The number of carbonyl (C=O) groups excluding carboxylic acids is 2. The van der Waals surface area contributed by atoms with Gasteiger partial charge in [0, 0.05) is 13.0 Å². The molecule has 0 unspecified atom stereocenters. The molecular formula is C24H45NO4. The molecule has 170 valence electrons. The van der Waals surface area contributed by atoms with Crippen molar-refractivity contribution >= 4 is 12.1 Å². The van der Waals surface area contributed by atoms with Crippen LogP contribution in [0.3, 0.4) is 0 Å². The summed E-state index contributed by atoms with van der Waals surface area (Å²) in [5, 5.41) is 2.66. The van der Waals surface area contributed by atoms with E-state index in [1.165, 1.54) is 70.3 Å². The fraction of sp³-hybridized carbons (Fsp3) is 0.833. The Bertz CT molecular complexity index is 398. The molecule has 0 spiro atoms. The highest BCUT2D eigenvalue weighted by molar-refractivity contribution is 5.69. The molecule has 0 bridgehead atoms. The Morgan fingerprint density at radius 3 is 1.90 bits per heavy atom. The zero-order valence-electron chi connectivity index (χ0n) is 18.9. The number of carbonyl (C=O) groups is 2. The highest BCUT2D eigenvalue weighted by Crippen LogP contribution is 2.12. The molecule has 0 aliphatic carbocycles. The lowest BCUT2D eigenvalue weighted by molar-refractivity contribution is -0.143. The van der Waals surface area contributed by atoms with Crippen LogP contribution in [-0.4, -0.2) is 31.8 Å². The highest BCUT2D eigenvalue weighted by atomic mass is 16.5. The van der Waals surface area contributed by atoms with E-state index in [-0.39, 0.29) is 12.6 Å². The molecule has 0 fully saturated rings. The molecule has 1 amide bonds. The molecule has 5 nitrogen and oxygen atoms in total. The monoisotopic (exact) mass is 411 g/mol. The van der Waals surface area contributed by atoms with Crippen LogP contribution < -0.4 is 5.32 Å². The van der Waals surface area contributed by atoms with Gasteiger partial charge in [-0.25, -0.2) is 4.79 Å². The van der Waals surface area contributed by atoms with Gasteiger partial charge in [0.05, 0.1) is 6.61 Å². The van der Waals surface area contributed by atoms with Gasteiger partial charge in [-0.1, -0.05) is 96.6 Å². The van der Waals surface area contributed by atoms with E-state index in [4.69, 9.17) is 9.47 Å². The van der Waals surface area contributed by atoms with E-state index in [2.05, 4.69) is 18.8 Å². The Balaban J connectivity index is 3.22. The van der Waals surface area contributed by atoms with Gasteiger partial charge in [-0.15, -0.1) is 0 Å². The van der Waals surface area contributed by atoms with Crippen molar-refractivity contribution in [3.63, 3.8) is 0 Å². The summed E-state index contributed by atoms with van der Waals surface area (Å²) >= 11 is 0. The lowest BCUT2D eigenvalue weighted by Crippen LogP contribution is -2.25. The van der Waals surface area contributed by atoms with Gasteiger partial charge in [0.2, 0.25) is 0 Å². The van der Waals surface area contributed by atoms with Crippen molar-refractivity contribution < 1.29 is 19.1 Å². The van der Waals surface area contributed by atoms with E-state index in [1.54, 1.807) is 0 Å². The maximum Gasteiger partial charge on any atom is 0.407 e. The molecule has 29 heavy (non-hydrogen) atoms. The van der Waals surface area contributed by atoms with Crippen molar-refractivity contribution in [1.82, 2.24) is 5.32 Å². The smallest absolute Gasteiger partial charge is 0.407 e. The van der Waals surface area contributed by atoms with Gasteiger partial charge in [-0.05, 0) is 19.3 Å². The maximum absolute atomic E-state index is 11.7. The standard InChI is InChI=1S/C24H45NO4/c1-3-5-6-7-8-9-10-11-12-13-14-18-22-28-23(26)19-16-15-17-20-25-24(27)29-21-4-2/h4H,2-3,5-22H2,1H3,(H,25,27). The highest BCUT2D eigenvalue weighted by Gasteiger charge is 2.03. The van der Waals surface area contributed by atoms with Gasteiger partial charge in [-0.3, -0.25) is 4.79 Å². The van der Waals surface area contributed by atoms with Crippen molar-refractivity contribution in [1.29, 1.82) is 0 Å². The van der Waals surface area contributed by atoms with Crippen LogP contribution in [0.5, 0.6) is 0 Å². The fourth-order valence-corrected chi connectivity index (χ4v) is 3.15. The first kappa shape index (κ1) is 27.5. The Labute approximate surface area is 179 Å². The third kappa shape index (κ3) is 22.6. The van der Waals surface area contributed by atoms with Crippen LogP contribution >= 0.6 is 0 Å². The Kier molecular flexibility index (Phi) is 21.6. The van der Waals surface area contributed by atoms with Crippen LogP contribution in [0.1, 0.15) is 110 Å². The second kappa shape index (κ2) is 22.8. The number of hydrogen-bond donors (Lipinski definition) is 1. The number of esters is 1. The number of ether oxygens (including phenoxy) is 2. The van der Waals surface area contributed by atoms with Crippen LogP contribution in [-0.2, 0) is 14.3 Å². The second-order valence-corrected chi connectivity index (χ2v) is 7.73. The van der Waals surface area contributed by atoms with Crippen molar-refractivity contribution in [2.75, 3.05) is 19.8 Å². The number of hydrogen-bond acceptors (Lipinski definition) is 4. The zero-order chi connectivity index (χ0) is 21.4. The second-order valence-electron chi connectivity index (χ2n) is 7.73. The quantitative estimate of drug-likeness (QED) is 0.130. The van der Waals surface area contributed by atoms with Crippen LogP contribution in [0.2, 0.25) is 0 Å². The summed E-state index contributed by atoms with van der Waals surface area (Å²) < 4.78 is 10.1. The minimum absolute atomic E-state index is 0.105. The topological polar surface area (TPSA) is 64.6 Å². The summed E-state index contributed by atoms with van der Waals surface area (Å²) in [6.07, 6.45) is 19.7. The predicted octanol–water partition coefficient (Wildman–Crippen LogP) is 6.70. The van der Waals surface area contributed by atoms with Crippen LogP contribution in [0.4, 0.5) is 4.79 Å². The first-order valence-electron chi connectivity index (χ1n) is 11.9. The molecule has 0 radical (unpaired) electrons. The number of amides is 1. The third-order valence-corrected chi connectivity index (χ3v) is 4.92. The lowest BCUT2D eigenvalue weighted by Gasteiger charge is -2.06. The van der Waals surface area contributed by atoms with Crippen LogP contribution in [0, 0.1) is 0 Å². The van der Waals surface area contributed by atoms with Gasteiger partial charge in [0.15, 0.2) is 0 Å². The largest absolute Gasteiger partial charge is 0.466 e. The number of rotatable bonds is 21. The molecule has 5 heteroatoms. The molecule has 0 saturated heterocycles. The van der Waals surface area contributed by atoms with E-state index in [0.29, 0.717) is 19.6 Å². The lowest BCUT2D eigenvalue weighted by atomic mass is 10.1. The fourth-order valence-electron chi connectivity index (χ4n) is 3.15. The maximum atomic E-state index is 11.7. The molecule has 0 aromatic rings. The first-order valence-corrected chi connectivity index (χ1v) is 11.9. The molecule has 0 aliphatic heterocycles. The van der Waals surface area contributed by atoms with Gasteiger partial charge in [0.25, 0.3) is 0 Å². The minimum Gasteiger partial charge on any atom is -0.466 e. The van der Waals surface area contributed by atoms with E-state index in [9.17, 15) is 9.59 Å². The van der Waals surface area contributed by atoms with Crippen LogP contribution in [0.15, 0.2) is 12.7 Å². The van der Waals surface area contributed by atoms with Crippen molar-refractivity contribution in [2.45, 2.75) is 110 Å². The first-order chi connectivity index (χ1) is 14.2. The summed E-state index contributed by atoms with van der Waals surface area (Å²) in [5.41, 5.74) is 0. The molecule has 0 aromatic heterocycles. The van der Waals surface area contributed by atoms with Crippen molar-refractivity contribution in [3.8, 4) is 0 Å². The molecule has 0 heterocycles. The van der Waals surface area contributed by atoms with Gasteiger partial charge in [-0.2, -0.15) is 0 Å². The third-order valence-electron chi connectivity index (χ3n) is 4.92. The molecule has 0 aromatic carbocycles. The van der Waals surface area contributed by atoms with Crippen molar-refractivity contribution in [2.24, 2.45) is 0 Å². The predicted molar refractivity (Wildman–Crippen MR) is 120 cm³/mol. The summed E-state index contributed by atoms with van der Waals surface area (Å²) in [6.45, 7) is 7.07. The summed E-state index contributed by atoms with van der Waals surface area (Å²) in [4.78, 5) is 22.9. The number of alkyl carbamates (subject to hydrolysis) is 1. The normalized spacial score (nSPS) is 10.5. The molecular weight excluding hydrogens is 366 g/mol. The van der Waals surface area contributed by atoms with Gasteiger partial charge in [0.1, 0.15) is 6.61 Å². The van der Waals surface area contributed by atoms with Crippen LogP contribution in [0.25, 0.3) is 0 Å². The Hall–Kier alpha value is -1.52. The average Bonchev–Trinajstić information content (AvgIpc) is 2.72. The number of nitrogens with one attached hydrogen (secondary N) is 1. The van der Waals surface area contributed by atoms with E-state index in [0.717, 1.165) is 32.1 Å². The average molecular weight is 412 g/mol. The molecule has 1 N–H and O–H groups in total. The van der Waals surface area contributed by atoms with E-state index >= 15 is 0 Å².